The highest BCUT2D eigenvalue weighted by Crippen LogP contribution is 2.24. The summed E-state index contributed by atoms with van der Waals surface area (Å²) >= 11 is 0. The van der Waals surface area contributed by atoms with Crippen molar-refractivity contribution in [2.45, 2.75) is 51.0 Å². The van der Waals surface area contributed by atoms with Gasteiger partial charge in [0.15, 0.2) is 6.10 Å². The number of hydrogen-bond acceptors (Lipinski definition) is 6. The molecular formula is C19H27N3O6S. The summed E-state index contributed by atoms with van der Waals surface area (Å²) in [5.74, 6) is -1.63. The molecule has 1 saturated heterocycles. The molecular weight excluding hydrogens is 398 g/mol. The van der Waals surface area contributed by atoms with E-state index in [0.717, 1.165) is 19.3 Å². The van der Waals surface area contributed by atoms with Crippen LogP contribution in [0, 0.1) is 6.92 Å². The zero-order valence-corrected chi connectivity index (χ0v) is 17.7. The van der Waals surface area contributed by atoms with Gasteiger partial charge in [0.25, 0.3) is 5.91 Å². The maximum absolute atomic E-state index is 13.0. The molecule has 1 aliphatic heterocycles. The van der Waals surface area contributed by atoms with Gasteiger partial charge in [0.1, 0.15) is 0 Å². The number of esters is 1. The first-order valence-electron chi connectivity index (χ1n) is 9.57. The number of carbonyl (C=O) groups is 3. The molecule has 0 saturated carbocycles. The van der Waals surface area contributed by atoms with Gasteiger partial charge in [-0.3, -0.25) is 10.1 Å². The van der Waals surface area contributed by atoms with Crippen LogP contribution in [-0.4, -0.2) is 56.4 Å². The SMILES string of the molecule is CCNC(=O)NC(=O)[C@@H](C)OC(=O)c1ccc(C)c(S(=O)(=O)N2CCCCC2)c1. The molecule has 1 heterocycles. The second-order valence-corrected chi connectivity index (χ2v) is 8.75. The van der Waals surface area contributed by atoms with E-state index in [9.17, 15) is 22.8 Å². The first-order chi connectivity index (χ1) is 13.7. The molecule has 29 heavy (non-hydrogen) atoms. The summed E-state index contributed by atoms with van der Waals surface area (Å²) in [7, 11) is -3.72. The Hall–Kier alpha value is -2.46. The number of nitrogens with zero attached hydrogens (tertiary/aromatic N) is 1. The lowest BCUT2D eigenvalue weighted by Gasteiger charge is -2.26. The van der Waals surface area contributed by atoms with E-state index in [2.05, 4.69) is 10.6 Å². The number of piperidine rings is 1. The van der Waals surface area contributed by atoms with E-state index in [-0.39, 0.29) is 10.5 Å². The van der Waals surface area contributed by atoms with Crippen molar-refractivity contribution in [3.05, 3.63) is 29.3 Å². The summed E-state index contributed by atoms with van der Waals surface area (Å²) in [5.41, 5.74) is 0.540. The van der Waals surface area contributed by atoms with Crippen LogP contribution in [0.15, 0.2) is 23.1 Å². The van der Waals surface area contributed by atoms with Crippen LogP contribution < -0.4 is 10.6 Å². The molecule has 0 spiro atoms. The highest BCUT2D eigenvalue weighted by atomic mass is 32.2. The van der Waals surface area contributed by atoms with Crippen molar-refractivity contribution in [3.8, 4) is 0 Å². The maximum atomic E-state index is 13.0. The third kappa shape index (κ3) is 5.77. The number of benzene rings is 1. The predicted octanol–water partition coefficient (Wildman–Crippen LogP) is 1.56. The number of rotatable bonds is 6. The monoisotopic (exact) mass is 425 g/mol. The number of nitrogens with one attached hydrogen (secondary N) is 2. The van der Waals surface area contributed by atoms with Crippen molar-refractivity contribution in [2.75, 3.05) is 19.6 Å². The van der Waals surface area contributed by atoms with E-state index in [4.69, 9.17) is 4.74 Å². The van der Waals surface area contributed by atoms with E-state index in [1.54, 1.807) is 13.8 Å². The van der Waals surface area contributed by atoms with Crippen molar-refractivity contribution in [2.24, 2.45) is 0 Å². The third-order valence-corrected chi connectivity index (χ3v) is 6.62. The van der Waals surface area contributed by atoms with Gasteiger partial charge >= 0.3 is 12.0 Å². The fourth-order valence-electron chi connectivity index (χ4n) is 2.95. The van der Waals surface area contributed by atoms with Gasteiger partial charge in [0.05, 0.1) is 10.5 Å². The molecule has 2 rings (SSSR count). The highest BCUT2D eigenvalue weighted by molar-refractivity contribution is 7.89. The second kappa shape index (κ2) is 9.84. The van der Waals surface area contributed by atoms with Crippen molar-refractivity contribution >= 4 is 27.9 Å². The molecule has 1 aromatic carbocycles. The summed E-state index contributed by atoms with van der Waals surface area (Å²) in [6.45, 7) is 5.92. The van der Waals surface area contributed by atoms with Crippen LogP contribution in [0.4, 0.5) is 4.79 Å². The van der Waals surface area contributed by atoms with Crippen molar-refractivity contribution in [1.29, 1.82) is 0 Å². The smallest absolute Gasteiger partial charge is 0.338 e. The van der Waals surface area contributed by atoms with Gasteiger partial charge in [0.2, 0.25) is 10.0 Å². The summed E-state index contributed by atoms with van der Waals surface area (Å²) < 4.78 is 32.4. The third-order valence-electron chi connectivity index (χ3n) is 4.58. The average molecular weight is 426 g/mol. The van der Waals surface area contributed by atoms with Crippen LogP contribution in [0.25, 0.3) is 0 Å². The van der Waals surface area contributed by atoms with E-state index in [1.807, 2.05) is 0 Å². The lowest BCUT2D eigenvalue weighted by atomic mass is 10.1. The Morgan fingerprint density at radius 2 is 1.83 bits per heavy atom. The summed E-state index contributed by atoms with van der Waals surface area (Å²) in [5, 5.41) is 4.45. The lowest BCUT2D eigenvalue weighted by molar-refractivity contribution is -0.127. The Labute approximate surface area is 170 Å². The molecule has 0 aromatic heterocycles. The van der Waals surface area contributed by atoms with Gasteiger partial charge in [-0.05, 0) is 51.3 Å². The number of ether oxygens (including phenoxy) is 1. The first-order valence-corrected chi connectivity index (χ1v) is 11.0. The minimum atomic E-state index is -3.72. The molecule has 9 nitrogen and oxygen atoms in total. The Kier molecular flexibility index (Phi) is 7.74. The van der Waals surface area contributed by atoms with Gasteiger partial charge in [-0.1, -0.05) is 12.5 Å². The van der Waals surface area contributed by atoms with E-state index in [1.165, 1.54) is 29.4 Å². The zero-order valence-electron chi connectivity index (χ0n) is 16.9. The van der Waals surface area contributed by atoms with Gasteiger partial charge in [-0.15, -0.1) is 0 Å². The van der Waals surface area contributed by atoms with Crippen LogP contribution in [0.5, 0.6) is 0 Å². The number of aryl methyl sites for hydroxylation is 1. The molecule has 10 heteroatoms. The second-order valence-electron chi connectivity index (χ2n) is 6.84. The summed E-state index contributed by atoms with van der Waals surface area (Å²) in [4.78, 5) is 35.8. The van der Waals surface area contributed by atoms with Gasteiger partial charge in [-0.2, -0.15) is 4.31 Å². The number of carbonyl (C=O) groups excluding carboxylic acids is 3. The zero-order chi connectivity index (χ0) is 21.6. The van der Waals surface area contributed by atoms with Crippen LogP contribution in [0.3, 0.4) is 0 Å². The molecule has 1 atom stereocenters. The van der Waals surface area contributed by atoms with Gasteiger partial charge in [0, 0.05) is 19.6 Å². The largest absolute Gasteiger partial charge is 0.449 e. The number of imide groups is 1. The number of amides is 3. The Balaban J connectivity index is 2.14. The fourth-order valence-corrected chi connectivity index (χ4v) is 4.72. The standard InChI is InChI=1S/C19H27N3O6S/c1-4-20-19(25)21-17(23)14(3)28-18(24)15-9-8-13(2)16(12-15)29(26,27)22-10-6-5-7-11-22/h8-9,12,14H,4-7,10-11H2,1-3H3,(H2,20,21,23,25)/t14-/m1/s1. The van der Waals surface area contributed by atoms with Crippen LogP contribution in [0.1, 0.15) is 49.0 Å². The Bertz CT molecular complexity index is 878. The van der Waals surface area contributed by atoms with E-state index >= 15 is 0 Å². The molecule has 1 aliphatic rings. The van der Waals surface area contributed by atoms with Gasteiger partial charge < -0.3 is 10.1 Å². The number of sulfonamides is 1. The minimum absolute atomic E-state index is 0.0174. The normalized spacial score (nSPS) is 16.0. The first kappa shape index (κ1) is 22.8. The van der Waals surface area contributed by atoms with Crippen LogP contribution in [0.2, 0.25) is 0 Å². The van der Waals surface area contributed by atoms with Crippen molar-refractivity contribution in [1.82, 2.24) is 14.9 Å². The molecule has 0 unspecified atom stereocenters. The molecule has 0 radical (unpaired) electrons. The molecule has 2 N–H and O–H groups in total. The number of hydrogen-bond donors (Lipinski definition) is 2. The van der Waals surface area contributed by atoms with Crippen molar-refractivity contribution in [3.63, 3.8) is 0 Å². The average Bonchev–Trinajstić information content (AvgIpc) is 2.68. The fraction of sp³-hybridized carbons (Fsp3) is 0.526. The molecule has 3 amide bonds. The van der Waals surface area contributed by atoms with E-state index in [0.29, 0.717) is 25.2 Å². The van der Waals surface area contributed by atoms with Crippen LogP contribution in [-0.2, 0) is 19.6 Å². The number of urea groups is 1. The topological polar surface area (TPSA) is 122 Å². The molecule has 0 aliphatic carbocycles. The Morgan fingerprint density at radius 1 is 1.17 bits per heavy atom. The molecule has 1 aromatic rings. The predicted molar refractivity (Wildman–Crippen MR) is 106 cm³/mol. The lowest BCUT2D eigenvalue weighted by Crippen LogP contribution is -2.44. The van der Waals surface area contributed by atoms with E-state index < -0.39 is 34.0 Å². The van der Waals surface area contributed by atoms with Crippen molar-refractivity contribution < 1.29 is 27.5 Å². The summed E-state index contributed by atoms with van der Waals surface area (Å²) in [6.07, 6.45) is 1.37. The quantitative estimate of drug-likeness (QED) is 0.667. The maximum Gasteiger partial charge on any atom is 0.338 e. The van der Waals surface area contributed by atoms with Crippen LogP contribution >= 0.6 is 0 Å². The minimum Gasteiger partial charge on any atom is -0.449 e. The molecule has 160 valence electrons. The van der Waals surface area contributed by atoms with Gasteiger partial charge in [-0.25, -0.2) is 18.0 Å². The highest BCUT2D eigenvalue weighted by Gasteiger charge is 2.29. The molecule has 0 bridgehead atoms. The Morgan fingerprint density at radius 3 is 2.45 bits per heavy atom. The summed E-state index contributed by atoms with van der Waals surface area (Å²) in [6, 6.07) is 3.56. The molecule has 1 fully saturated rings.